The number of diazo groups is 1. The monoisotopic (exact) mass is 292 g/mol. The molecule has 0 fully saturated rings. The summed E-state index contributed by atoms with van der Waals surface area (Å²) in [6.07, 6.45) is 0. The van der Waals surface area contributed by atoms with Gasteiger partial charge in [0.25, 0.3) is 10.0 Å². The topological polar surface area (TPSA) is 109 Å². The molecule has 9 heteroatoms. The zero-order valence-electron chi connectivity index (χ0n) is 10.4. The van der Waals surface area contributed by atoms with Crippen molar-refractivity contribution in [2.75, 3.05) is 11.8 Å². The van der Waals surface area contributed by atoms with Crippen molar-refractivity contribution in [2.45, 2.75) is 4.90 Å². The fourth-order valence-corrected chi connectivity index (χ4v) is 2.37. The van der Waals surface area contributed by atoms with E-state index in [1.807, 2.05) is 0 Å². The first-order valence-electron chi connectivity index (χ1n) is 5.41. The minimum absolute atomic E-state index is 0.0162. The van der Waals surface area contributed by atoms with E-state index in [-0.39, 0.29) is 22.3 Å². The van der Waals surface area contributed by atoms with Crippen LogP contribution in [0, 0.1) is 5.39 Å². The highest BCUT2D eigenvalue weighted by Gasteiger charge is 2.16. The minimum Gasteiger partial charge on any atom is -0.480 e. The molecule has 1 aromatic heterocycles. The standard InChI is InChI=1S/C11H10N5O3S/c1-19-11-7-6-10(14-15-11)16-20(17,18)9-4-2-8(13-12)3-5-9/h2-7H,1H3,(H,14,16)/q+1. The third-order valence-corrected chi connectivity index (χ3v) is 3.72. The molecule has 2 rings (SSSR count). The SMILES string of the molecule is COc1ccc(NS(=O)(=O)c2ccc([N+]#N)cc2)nn1. The molecule has 8 nitrogen and oxygen atoms in total. The molecule has 2 aromatic rings. The van der Waals surface area contributed by atoms with Gasteiger partial charge in [-0.05, 0) is 18.2 Å². The van der Waals surface area contributed by atoms with Gasteiger partial charge in [-0.25, -0.2) is 8.42 Å². The van der Waals surface area contributed by atoms with Gasteiger partial charge in [0.2, 0.25) is 11.3 Å². The normalized spacial score (nSPS) is 10.6. The van der Waals surface area contributed by atoms with Gasteiger partial charge in [-0.2, -0.15) is 0 Å². The minimum atomic E-state index is -3.77. The number of nitrogens with one attached hydrogen (secondary N) is 1. The lowest BCUT2D eigenvalue weighted by Crippen LogP contribution is -2.14. The third-order valence-electron chi connectivity index (χ3n) is 2.35. The van der Waals surface area contributed by atoms with E-state index in [0.29, 0.717) is 0 Å². The van der Waals surface area contributed by atoms with Gasteiger partial charge in [-0.15, -0.1) is 10.2 Å². The summed E-state index contributed by atoms with van der Waals surface area (Å²) in [5, 5.41) is 15.9. The number of methoxy groups -OCH3 is 1. The Morgan fingerprint density at radius 1 is 1.15 bits per heavy atom. The molecular weight excluding hydrogens is 282 g/mol. The quantitative estimate of drug-likeness (QED) is 0.860. The molecule has 102 valence electrons. The average molecular weight is 292 g/mol. The van der Waals surface area contributed by atoms with Crippen LogP contribution in [0.2, 0.25) is 0 Å². The number of benzene rings is 1. The van der Waals surface area contributed by atoms with E-state index >= 15 is 0 Å². The van der Waals surface area contributed by atoms with Crippen LogP contribution in [0.15, 0.2) is 41.3 Å². The van der Waals surface area contributed by atoms with Crippen molar-refractivity contribution in [3.8, 4) is 5.88 Å². The predicted molar refractivity (Wildman–Crippen MR) is 70.6 cm³/mol. The number of aromatic nitrogens is 2. The Hall–Kier alpha value is -2.73. The average Bonchev–Trinajstić information content (AvgIpc) is 2.48. The molecule has 0 bridgehead atoms. The molecule has 0 aliphatic heterocycles. The van der Waals surface area contributed by atoms with Crippen molar-refractivity contribution < 1.29 is 13.2 Å². The van der Waals surface area contributed by atoms with Gasteiger partial charge in [-0.1, -0.05) is 0 Å². The Balaban J connectivity index is 2.23. The summed E-state index contributed by atoms with van der Waals surface area (Å²) in [6, 6.07) is 8.28. The van der Waals surface area contributed by atoms with E-state index in [1.54, 1.807) is 0 Å². The van der Waals surface area contributed by atoms with Gasteiger partial charge in [0.1, 0.15) is 0 Å². The fraction of sp³-hybridized carbons (Fsp3) is 0.0909. The number of sulfonamides is 1. The molecule has 1 heterocycles. The molecule has 0 atom stereocenters. The van der Waals surface area contributed by atoms with Crippen LogP contribution in [0.5, 0.6) is 5.88 Å². The van der Waals surface area contributed by atoms with Crippen LogP contribution in [0.4, 0.5) is 11.5 Å². The lowest BCUT2D eigenvalue weighted by atomic mass is 10.3. The van der Waals surface area contributed by atoms with E-state index in [2.05, 4.69) is 19.9 Å². The molecule has 0 amide bonds. The fourth-order valence-electron chi connectivity index (χ4n) is 1.37. The highest BCUT2D eigenvalue weighted by Crippen LogP contribution is 2.18. The molecule has 0 aliphatic carbocycles. The first-order chi connectivity index (χ1) is 9.55. The predicted octanol–water partition coefficient (Wildman–Crippen LogP) is 1.77. The second-order valence-electron chi connectivity index (χ2n) is 3.66. The van der Waals surface area contributed by atoms with Crippen LogP contribution >= 0.6 is 0 Å². The maximum atomic E-state index is 12.1. The van der Waals surface area contributed by atoms with Crippen LogP contribution in [-0.4, -0.2) is 25.7 Å². The maximum absolute atomic E-state index is 12.1. The summed E-state index contributed by atoms with van der Waals surface area (Å²) >= 11 is 0. The molecule has 0 saturated heterocycles. The molecule has 1 N–H and O–H groups in total. The summed E-state index contributed by atoms with van der Waals surface area (Å²) in [6.45, 7) is 0. The zero-order valence-corrected chi connectivity index (χ0v) is 11.2. The number of anilines is 1. The van der Waals surface area contributed by atoms with Gasteiger partial charge in [0, 0.05) is 18.2 Å². The number of ether oxygens (including phenoxy) is 1. The van der Waals surface area contributed by atoms with Crippen LogP contribution < -0.4 is 9.46 Å². The molecule has 20 heavy (non-hydrogen) atoms. The van der Waals surface area contributed by atoms with Gasteiger partial charge in [0.05, 0.1) is 12.0 Å². The van der Waals surface area contributed by atoms with Crippen molar-refractivity contribution in [1.29, 1.82) is 5.39 Å². The van der Waals surface area contributed by atoms with Crippen LogP contribution in [0.1, 0.15) is 0 Å². The van der Waals surface area contributed by atoms with Crippen LogP contribution in [0.25, 0.3) is 4.98 Å². The summed E-state index contributed by atoms with van der Waals surface area (Å²) in [5.74, 6) is 0.351. The third kappa shape index (κ3) is 2.99. The summed E-state index contributed by atoms with van der Waals surface area (Å²) < 4.78 is 31.2. The van der Waals surface area contributed by atoms with E-state index in [9.17, 15) is 8.42 Å². The molecular formula is C11H10N5O3S+. The van der Waals surface area contributed by atoms with Gasteiger partial charge < -0.3 is 4.74 Å². The molecule has 0 aliphatic rings. The van der Waals surface area contributed by atoms with E-state index < -0.39 is 10.0 Å². The van der Waals surface area contributed by atoms with Crippen molar-refractivity contribution >= 4 is 21.5 Å². The Kier molecular flexibility index (Phi) is 3.76. The van der Waals surface area contributed by atoms with E-state index in [0.717, 1.165) is 0 Å². The van der Waals surface area contributed by atoms with Crippen molar-refractivity contribution in [3.05, 3.63) is 41.4 Å². The van der Waals surface area contributed by atoms with Crippen molar-refractivity contribution in [2.24, 2.45) is 0 Å². The van der Waals surface area contributed by atoms with Gasteiger partial charge in [0.15, 0.2) is 10.8 Å². The second kappa shape index (κ2) is 5.50. The number of hydrogen-bond donors (Lipinski definition) is 1. The first-order valence-corrected chi connectivity index (χ1v) is 6.89. The highest BCUT2D eigenvalue weighted by molar-refractivity contribution is 7.92. The van der Waals surface area contributed by atoms with Gasteiger partial charge in [-0.3, -0.25) is 4.72 Å². The second-order valence-corrected chi connectivity index (χ2v) is 5.34. The largest absolute Gasteiger partial charge is 0.480 e. The summed E-state index contributed by atoms with van der Waals surface area (Å²) in [7, 11) is -2.34. The Morgan fingerprint density at radius 3 is 2.35 bits per heavy atom. The number of hydrogen-bond acceptors (Lipinski definition) is 6. The highest BCUT2D eigenvalue weighted by atomic mass is 32.2. The van der Waals surface area contributed by atoms with Gasteiger partial charge >= 0.3 is 5.69 Å². The number of nitrogens with zero attached hydrogens (tertiary/aromatic N) is 4. The van der Waals surface area contributed by atoms with Crippen LogP contribution in [-0.2, 0) is 10.0 Å². The molecule has 1 aromatic carbocycles. The lowest BCUT2D eigenvalue weighted by Gasteiger charge is -2.06. The molecule has 0 saturated carbocycles. The Morgan fingerprint density at radius 2 is 1.85 bits per heavy atom. The molecule has 0 radical (unpaired) electrons. The zero-order chi connectivity index (χ0) is 14.6. The molecule has 0 unspecified atom stereocenters. The Bertz CT molecular complexity index is 735. The van der Waals surface area contributed by atoms with Crippen molar-refractivity contribution in [1.82, 2.24) is 10.2 Å². The molecule has 0 spiro atoms. The summed E-state index contributed by atoms with van der Waals surface area (Å²) in [5.41, 5.74) is 0.258. The lowest BCUT2D eigenvalue weighted by molar-refractivity contribution is 0.392. The maximum Gasteiger partial charge on any atom is 0.385 e. The smallest absolute Gasteiger partial charge is 0.385 e. The first kappa shape index (κ1) is 13.7. The van der Waals surface area contributed by atoms with E-state index in [4.69, 9.17) is 10.1 Å². The van der Waals surface area contributed by atoms with E-state index in [1.165, 1.54) is 43.5 Å². The number of rotatable bonds is 4. The van der Waals surface area contributed by atoms with Crippen molar-refractivity contribution in [3.63, 3.8) is 0 Å². The Labute approximate surface area is 115 Å². The summed E-state index contributed by atoms with van der Waals surface area (Å²) in [4.78, 5) is 2.96. The van der Waals surface area contributed by atoms with Crippen LogP contribution in [0.3, 0.4) is 0 Å².